The van der Waals surface area contributed by atoms with Crippen molar-refractivity contribution < 1.29 is 26.7 Å². The van der Waals surface area contributed by atoms with E-state index in [1.165, 1.54) is 12.1 Å². The highest BCUT2D eigenvalue weighted by molar-refractivity contribution is 7.91. The minimum Gasteiger partial charge on any atom is -0.493 e. The molecule has 26 heavy (non-hydrogen) atoms. The molecule has 0 atom stereocenters. The summed E-state index contributed by atoms with van der Waals surface area (Å²) in [4.78, 5) is -0.405. The van der Waals surface area contributed by atoms with Gasteiger partial charge in [-0.2, -0.15) is 8.78 Å². The van der Waals surface area contributed by atoms with Crippen molar-refractivity contribution in [3.8, 4) is 11.5 Å². The van der Waals surface area contributed by atoms with E-state index in [9.17, 15) is 17.2 Å². The van der Waals surface area contributed by atoms with Crippen LogP contribution in [0, 0.1) is 0 Å². The quantitative estimate of drug-likeness (QED) is 0.704. The average molecular weight is 385 g/mol. The van der Waals surface area contributed by atoms with Gasteiger partial charge in [-0.1, -0.05) is 13.0 Å². The predicted octanol–water partition coefficient (Wildman–Crippen LogP) is 4.09. The topological polar surface area (TPSA) is 64.6 Å². The molecule has 0 radical (unpaired) electrons. The first kappa shape index (κ1) is 20.0. The summed E-state index contributed by atoms with van der Waals surface area (Å²) in [5.41, 5.74) is 1.54. The number of alkyl halides is 2. The lowest BCUT2D eigenvalue weighted by molar-refractivity contribution is 0.234. The molecule has 0 fully saturated rings. The molecule has 0 saturated carbocycles. The fourth-order valence-corrected chi connectivity index (χ4v) is 2.94. The second-order valence-electron chi connectivity index (χ2n) is 5.52. The van der Waals surface area contributed by atoms with E-state index in [1.807, 2.05) is 25.1 Å². The zero-order valence-electron chi connectivity index (χ0n) is 14.5. The van der Waals surface area contributed by atoms with Crippen molar-refractivity contribution in [3.05, 3.63) is 48.0 Å². The van der Waals surface area contributed by atoms with E-state index in [0.29, 0.717) is 30.3 Å². The minimum absolute atomic E-state index is 0.405. The van der Waals surface area contributed by atoms with Gasteiger partial charge < -0.3 is 14.8 Å². The molecule has 2 rings (SSSR count). The van der Waals surface area contributed by atoms with Crippen LogP contribution in [0.3, 0.4) is 0 Å². The minimum atomic E-state index is -4.57. The van der Waals surface area contributed by atoms with Gasteiger partial charge in [0.15, 0.2) is 11.5 Å². The van der Waals surface area contributed by atoms with Crippen LogP contribution in [0.1, 0.15) is 18.9 Å². The van der Waals surface area contributed by atoms with Gasteiger partial charge in [0.05, 0.1) is 18.6 Å². The number of hydrogen-bond donors (Lipinski definition) is 1. The number of halogens is 2. The number of benzene rings is 2. The Balaban J connectivity index is 2.04. The lowest BCUT2D eigenvalue weighted by atomic mass is 10.2. The molecule has 0 saturated heterocycles. The van der Waals surface area contributed by atoms with Gasteiger partial charge in [0, 0.05) is 12.2 Å². The highest BCUT2D eigenvalue weighted by Gasteiger charge is 2.26. The fraction of sp³-hybridized carbons (Fsp3) is 0.333. The van der Waals surface area contributed by atoms with E-state index >= 15 is 0 Å². The molecule has 0 amide bonds. The summed E-state index contributed by atoms with van der Waals surface area (Å²) in [6.07, 6.45) is 0.893. The standard InChI is InChI=1S/C18H21F2NO4S/c1-3-10-25-16-9-4-13(11-17(16)24-2)12-21-14-5-7-15(8-6-14)26(22,23)18(19)20/h4-9,11,18,21H,3,10,12H2,1-2H3. The predicted molar refractivity (Wildman–Crippen MR) is 95.7 cm³/mol. The largest absolute Gasteiger partial charge is 0.493 e. The first-order chi connectivity index (χ1) is 12.4. The fourth-order valence-electron chi connectivity index (χ4n) is 2.22. The third-order valence-electron chi connectivity index (χ3n) is 3.60. The van der Waals surface area contributed by atoms with Gasteiger partial charge in [0.1, 0.15) is 0 Å². The van der Waals surface area contributed by atoms with Crippen molar-refractivity contribution in [3.63, 3.8) is 0 Å². The molecule has 0 aliphatic rings. The van der Waals surface area contributed by atoms with Crippen LogP contribution in [0.25, 0.3) is 0 Å². The van der Waals surface area contributed by atoms with Crippen molar-refractivity contribution in [2.24, 2.45) is 0 Å². The molecule has 0 aliphatic carbocycles. The molecule has 5 nitrogen and oxygen atoms in total. The maximum absolute atomic E-state index is 12.5. The molecule has 2 aromatic carbocycles. The third kappa shape index (κ3) is 4.85. The van der Waals surface area contributed by atoms with E-state index in [-0.39, 0.29) is 0 Å². The summed E-state index contributed by atoms with van der Waals surface area (Å²) >= 11 is 0. The summed E-state index contributed by atoms with van der Waals surface area (Å²) < 4.78 is 58.8. The molecule has 0 aromatic heterocycles. The second kappa shape index (κ2) is 8.84. The zero-order valence-corrected chi connectivity index (χ0v) is 15.4. The zero-order chi connectivity index (χ0) is 19.2. The molecule has 0 spiro atoms. The SMILES string of the molecule is CCCOc1ccc(CNc2ccc(S(=O)(=O)C(F)F)cc2)cc1OC. The Hall–Kier alpha value is -2.35. The van der Waals surface area contributed by atoms with Gasteiger partial charge in [0.25, 0.3) is 0 Å². The maximum atomic E-state index is 12.5. The molecule has 0 heterocycles. The number of nitrogens with one attached hydrogen (secondary N) is 1. The van der Waals surface area contributed by atoms with Gasteiger partial charge in [0.2, 0.25) is 9.84 Å². The monoisotopic (exact) mass is 385 g/mol. The first-order valence-electron chi connectivity index (χ1n) is 8.04. The first-order valence-corrected chi connectivity index (χ1v) is 9.58. The van der Waals surface area contributed by atoms with E-state index in [0.717, 1.165) is 24.1 Å². The van der Waals surface area contributed by atoms with Crippen molar-refractivity contribution in [2.75, 3.05) is 19.0 Å². The van der Waals surface area contributed by atoms with Crippen molar-refractivity contribution in [1.29, 1.82) is 0 Å². The van der Waals surface area contributed by atoms with Gasteiger partial charge in [-0.05, 0) is 48.4 Å². The van der Waals surface area contributed by atoms with Crippen LogP contribution in [-0.4, -0.2) is 27.9 Å². The van der Waals surface area contributed by atoms with Crippen molar-refractivity contribution in [1.82, 2.24) is 0 Å². The summed E-state index contributed by atoms with van der Waals surface area (Å²) in [6.45, 7) is 3.07. The van der Waals surface area contributed by atoms with Crippen LogP contribution in [0.4, 0.5) is 14.5 Å². The Labute approximate surface area is 151 Å². The Morgan fingerprint density at radius 3 is 2.35 bits per heavy atom. The molecule has 8 heteroatoms. The molecule has 0 aliphatic heterocycles. The lowest BCUT2D eigenvalue weighted by Crippen LogP contribution is -2.11. The van der Waals surface area contributed by atoms with Crippen LogP contribution < -0.4 is 14.8 Å². The van der Waals surface area contributed by atoms with E-state index in [1.54, 1.807) is 7.11 Å². The third-order valence-corrected chi connectivity index (χ3v) is 5.00. The normalized spacial score (nSPS) is 11.4. The van der Waals surface area contributed by atoms with Gasteiger partial charge in [-0.25, -0.2) is 8.42 Å². The van der Waals surface area contributed by atoms with Crippen LogP contribution in [-0.2, 0) is 16.4 Å². The van der Waals surface area contributed by atoms with Crippen LogP contribution in [0.5, 0.6) is 11.5 Å². The Bertz CT molecular complexity index is 824. The highest BCUT2D eigenvalue weighted by Crippen LogP contribution is 2.28. The Morgan fingerprint density at radius 1 is 1.08 bits per heavy atom. The molecular formula is C18H21F2NO4S. The summed E-state index contributed by atoms with van der Waals surface area (Å²) in [7, 11) is -3.01. The number of hydrogen-bond acceptors (Lipinski definition) is 5. The van der Waals surface area contributed by atoms with Crippen molar-refractivity contribution in [2.45, 2.75) is 30.5 Å². The number of rotatable bonds is 9. The molecular weight excluding hydrogens is 364 g/mol. The number of ether oxygens (including phenoxy) is 2. The molecule has 142 valence electrons. The van der Waals surface area contributed by atoms with Crippen molar-refractivity contribution >= 4 is 15.5 Å². The van der Waals surface area contributed by atoms with Gasteiger partial charge in [-0.15, -0.1) is 0 Å². The highest BCUT2D eigenvalue weighted by atomic mass is 32.2. The maximum Gasteiger partial charge on any atom is 0.341 e. The lowest BCUT2D eigenvalue weighted by Gasteiger charge is -2.13. The van der Waals surface area contributed by atoms with Crippen LogP contribution in [0.2, 0.25) is 0 Å². The van der Waals surface area contributed by atoms with E-state index < -0.39 is 20.5 Å². The Morgan fingerprint density at radius 2 is 1.77 bits per heavy atom. The van der Waals surface area contributed by atoms with Crippen LogP contribution >= 0.6 is 0 Å². The van der Waals surface area contributed by atoms with Gasteiger partial charge >= 0.3 is 5.76 Å². The van der Waals surface area contributed by atoms with Gasteiger partial charge in [-0.3, -0.25) is 0 Å². The molecule has 2 aromatic rings. The number of sulfone groups is 1. The number of methoxy groups -OCH3 is 1. The van der Waals surface area contributed by atoms with Crippen LogP contribution in [0.15, 0.2) is 47.4 Å². The molecule has 0 bridgehead atoms. The average Bonchev–Trinajstić information content (AvgIpc) is 2.65. The Kier molecular flexibility index (Phi) is 6.79. The summed E-state index contributed by atoms with van der Waals surface area (Å²) in [5.74, 6) is -2.14. The van der Waals surface area contributed by atoms with E-state index in [2.05, 4.69) is 5.32 Å². The summed E-state index contributed by atoms with van der Waals surface area (Å²) in [6, 6.07) is 10.8. The molecule has 0 unspecified atom stereocenters. The van der Waals surface area contributed by atoms with E-state index in [4.69, 9.17) is 9.47 Å². The second-order valence-corrected chi connectivity index (χ2v) is 7.44. The smallest absolute Gasteiger partial charge is 0.341 e. The number of anilines is 1. The molecule has 1 N–H and O–H groups in total. The summed E-state index contributed by atoms with van der Waals surface area (Å²) in [5, 5.41) is 3.10.